The first-order valence-electron chi connectivity index (χ1n) is 2.69. The van der Waals surface area contributed by atoms with E-state index in [1.54, 1.807) is 12.1 Å². The SMILES string of the molecule is CO.Oc1ccccc1I. The van der Waals surface area contributed by atoms with E-state index < -0.39 is 0 Å². The summed E-state index contributed by atoms with van der Waals surface area (Å²) in [5, 5.41) is 15.9. The molecule has 0 aromatic heterocycles. The molecule has 0 spiro atoms. The second-order valence-corrected chi connectivity index (χ2v) is 2.61. The number of phenols is 1. The Morgan fingerprint density at radius 2 is 1.70 bits per heavy atom. The lowest BCUT2D eigenvalue weighted by Gasteiger charge is -1.90. The zero-order valence-corrected chi connectivity index (χ0v) is 7.74. The van der Waals surface area contributed by atoms with Crippen molar-refractivity contribution in [3.05, 3.63) is 27.8 Å². The first-order chi connectivity index (χ1) is 4.80. The molecule has 2 nitrogen and oxygen atoms in total. The van der Waals surface area contributed by atoms with Crippen molar-refractivity contribution in [2.24, 2.45) is 0 Å². The van der Waals surface area contributed by atoms with Crippen LogP contribution in [0.1, 0.15) is 0 Å². The second-order valence-electron chi connectivity index (χ2n) is 1.45. The molecule has 0 atom stereocenters. The van der Waals surface area contributed by atoms with Crippen LogP contribution in [0, 0.1) is 3.57 Å². The Morgan fingerprint density at radius 3 is 2.00 bits per heavy atom. The quantitative estimate of drug-likeness (QED) is 0.688. The normalized spacial score (nSPS) is 7.90. The minimum Gasteiger partial charge on any atom is -0.507 e. The van der Waals surface area contributed by atoms with E-state index in [0.29, 0.717) is 5.75 Å². The molecule has 1 aromatic carbocycles. The third-order valence-electron chi connectivity index (χ3n) is 0.852. The van der Waals surface area contributed by atoms with Crippen LogP contribution in [0.2, 0.25) is 0 Å². The Kier molecular flexibility index (Phi) is 5.33. The van der Waals surface area contributed by atoms with Crippen LogP contribution in [0.4, 0.5) is 0 Å². The molecule has 0 radical (unpaired) electrons. The number of hydrogen-bond acceptors (Lipinski definition) is 2. The molecule has 56 valence electrons. The van der Waals surface area contributed by atoms with Gasteiger partial charge in [0, 0.05) is 7.11 Å². The van der Waals surface area contributed by atoms with Crippen molar-refractivity contribution >= 4 is 22.6 Å². The molecular formula is C7H9IO2. The summed E-state index contributed by atoms with van der Waals surface area (Å²) >= 11 is 2.07. The molecule has 3 heteroatoms. The summed E-state index contributed by atoms with van der Waals surface area (Å²) in [5.41, 5.74) is 0. The molecule has 1 rings (SSSR count). The van der Waals surface area contributed by atoms with Crippen molar-refractivity contribution in [2.75, 3.05) is 7.11 Å². The Labute approximate surface area is 73.7 Å². The highest BCUT2D eigenvalue weighted by Crippen LogP contribution is 2.16. The third-order valence-corrected chi connectivity index (χ3v) is 1.76. The van der Waals surface area contributed by atoms with Gasteiger partial charge in [0.1, 0.15) is 5.75 Å². The van der Waals surface area contributed by atoms with E-state index in [2.05, 4.69) is 22.6 Å². The number of rotatable bonds is 0. The maximum atomic E-state index is 8.91. The predicted molar refractivity (Wildman–Crippen MR) is 49.0 cm³/mol. The average molecular weight is 252 g/mol. The number of aromatic hydroxyl groups is 1. The Hall–Kier alpha value is -0.290. The summed E-state index contributed by atoms with van der Waals surface area (Å²) < 4.78 is 0.894. The predicted octanol–water partition coefficient (Wildman–Crippen LogP) is 1.61. The molecule has 0 aliphatic heterocycles. The van der Waals surface area contributed by atoms with Gasteiger partial charge in [-0.1, -0.05) is 12.1 Å². The fraction of sp³-hybridized carbons (Fsp3) is 0.143. The van der Waals surface area contributed by atoms with Crippen molar-refractivity contribution in [3.8, 4) is 5.75 Å². The zero-order chi connectivity index (χ0) is 7.98. The van der Waals surface area contributed by atoms with E-state index >= 15 is 0 Å². The van der Waals surface area contributed by atoms with Gasteiger partial charge in [-0.2, -0.15) is 0 Å². The molecule has 2 N–H and O–H groups in total. The standard InChI is InChI=1S/C6H5IO.CH4O/c7-5-3-1-2-4-6(5)8;1-2/h1-4,8H;2H,1H3. The van der Waals surface area contributed by atoms with E-state index in [-0.39, 0.29) is 0 Å². The number of para-hydroxylation sites is 1. The third kappa shape index (κ3) is 3.03. The molecule has 0 fully saturated rings. The van der Waals surface area contributed by atoms with E-state index in [9.17, 15) is 0 Å². The van der Waals surface area contributed by atoms with Gasteiger partial charge in [0.25, 0.3) is 0 Å². The highest BCUT2D eigenvalue weighted by atomic mass is 127. The first-order valence-corrected chi connectivity index (χ1v) is 3.77. The fourth-order valence-electron chi connectivity index (χ4n) is 0.452. The summed E-state index contributed by atoms with van der Waals surface area (Å²) in [6, 6.07) is 7.22. The Bertz CT molecular complexity index is 168. The zero-order valence-electron chi connectivity index (χ0n) is 5.58. The molecule has 0 amide bonds. The fourth-order valence-corrected chi connectivity index (χ4v) is 0.839. The summed E-state index contributed by atoms with van der Waals surface area (Å²) in [7, 11) is 1.00. The lowest BCUT2D eigenvalue weighted by molar-refractivity contribution is 0.399. The monoisotopic (exact) mass is 252 g/mol. The van der Waals surface area contributed by atoms with Gasteiger partial charge in [0.05, 0.1) is 3.57 Å². The van der Waals surface area contributed by atoms with Crippen molar-refractivity contribution in [1.82, 2.24) is 0 Å². The van der Waals surface area contributed by atoms with Gasteiger partial charge in [0.2, 0.25) is 0 Å². The van der Waals surface area contributed by atoms with E-state index in [0.717, 1.165) is 10.7 Å². The molecular weight excluding hydrogens is 243 g/mol. The minimum atomic E-state index is 0.355. The molecule has 0 aliphatic carbocycles. The molecule has 0 bridgehead atoms. The molecule has 0 heterocycles. The lowest BCUT2D eigenvalue weighted by Crippen LogP contribution is -1.67. The van der Waals surface area contributed by atoms with Crippen molar-refractivity contribution in [1.29, 1.82) is 0 Å². The molecule has 10 heavy (non-hydrogen) atoms. The maximum Gasteiger partial charge on any atom is 0.128 e. The summed E-state index contributed by atoms with van der Waals surface area (Å²) in [6.07, 6.45) is 0. The van der Waals surface area contributed by atoms with E-state index in [1.165, 1.54) is 0 Å². The maximum absolute atomic E-state index is 8.91. The van der Waals surface area contributed by atoms with Crippen molar-refractivity contribution < 1.29 is 10.2 Å². The summed E-state index contributed by atoms with van der Waals surface area (Å²) in [5.74, 6) is 0.355. The number of phenolic OH excluding ortho intramolecular Hbond substituents is 1. The van der Waals surface area contributed by atoms with Crippen LogP contribution < -0.4 is 0 Å². The number of aliphatic hydroxyl groups is 1. The topological polar surface area (TPSA) is 40.5 Å². The van der Waals surface area contributed by atoms with Gasteiger partial charge < -0.3 is 10.2 Å². The largest absolute Gasteiger partial charge is 0.507 e. The minimum absolute atomic E-state index is 0.355. The van der Waals surface area contributed by atoms with Crippen molar-refractivity contribution in [3.63, 3.8) is 0 Å². The number of benzene rings is 1. The van der Waals surface area contributed by atoms with Crippen LogP contribution in [0.3, 0.4) is 0 Å². The number of aliphatic hydroxyl groups excluding tert-OH is 1. The van der Waals surface area contributed by atoms with Gasteiger partial charge >= 0.3 is 0 Å². The summed E-state index contributed by atoms with van der Waals surface area (Å²) in [4.78, 5) is 0. The highest BCUT2D eigenvalue weighted by molar-refractivity contribution is 14.1. The van der Waals surface area contributed by atoms with E-state index in [4.69, 9.17) is 10.2 Å². The van der Waals surface area contributed by atoms with Crippen LogP contribution in [0.15, 0.2) is 24.3 Å². The van der Waals surface area contributed by atoms with Crippen LogP contribution in [-0.4, -0.2) is 17.3 Å². The Morgan fingerprint density at radius 1 is 1.20 bits per heavy atom. The van der Waals surface area contributed by atoms with Crippen molar-refractivity contribution in [2.45, 2.75) is 0 Å². The van der Waals surface area contributed by atoms with Gasteiger partial charge in [0.15, 0.2) is 0 Å². The van der Waals surface area contributed by atoms with E-state index in [1.807, 2.05) is 12.1 Å². The molecule has 0 saturated heterocycles. The van der Waals surface area contributed by atoms with Crippen LogP contribution in [0.5, 0.6) is 5.75 Å². The molecule has 0 saturated carbocycles. The van der Waals surface area contributed by atoms with Crippen LogP contribution >= 0.6 is 22.6 Å². The number of halogens is 1. The van der Waals surface area contributed by atoms with Gasteiger partial charge in [-0.3, -0.25) is 0 Å². The Balaban J connectivity index is 0.000000371. The average Bonchev–Trinajstić information content (AvgIpc) is 2.00. The highest BCUT2D eigenvalue weighted by Gasteiger charge is 1.89. The first kappa shape index (κ1) is 9.71. The van der Waals surface area contributed by atoms with Gasteiger partial charge in [-0.25, -0.2) is 0 Å². The number of hydrogen-bond donors (Lipinski definition) is 2. The molecule has 1 aromatic rings. The summed E-state index contributed by atoms with van der Waals surface area (Å²) in [6.45, 7) is 0. The lowest BCUT2D eigenvalue weighted by atomic mass is 10.3. The molecule has 0 unspecified atom stereocenters. The van der Waals surface area contributed by atoms with Crippen LogP contribution in [0.25, 0.3) is 0 Å². The van der Waals surface area contributed by atoms with Gasteiger partial charge in [-0.05, 0) is 34.7 Å². The second kappa shape index (κ2) is 5.49. The smallest absolute Gasteiger partial charge is 0.128 e. The molecule has 0 aliphatic rings. The van der Waals surface area contributed by atoms with Crippen LogP contribution in [-0.2, 0) is 0 Å². The van der Waals surface area contributed by atoms with Gasteiger partial charge in [-0.15, -0.1) is 0 Å².